The Hall–Kier alpha value is -1.82. The first-order valence-corrected chi connectivity index (χ1v) is 9.36. The van der Waals surface area contributed by atoms with Crippen LogP contribution in [-0.2, 0) is 5.41 Å². The maximum atomic E-state index is 4.45. The van der Waals surface area contributed by atoms with Gasteiger partial charge in [-0.2, -0.15) is 0 Å². The van der Waals surface area contributed by atoms with Crippen LogP contribution in [0.5, 0.6) is 0 Å². The molecule has 0 aliphatic carbocycles. The molecule has 128 valence electrons. The second-order valence-corrected chi connectivity index (χ2v) is 7.49. The molecule has 0 nitrogen and oxygen atoms in total. The van der Waals surface area contributed by atoms with Crippen LogP contribution in [0.1, 0.15) is 64.0 Å². The fourth-order valence-electron chi connectivity index (χ4n) is 3.90. The standard InChI is InChI=1S/C24H32/c1-5-6-17-24(18-20(2)3,23-15-11-8-12-16-23)19-21(4)22-13-9-7-10-14-22/h7-16,20H,4-6,17-19H2,1-3H3. The van der Waals surface area contributed by atoms with Crippen LogP contribution >= 0.6 is 0 Å². The maximum absolute atomic E-state index is 4.45. The molecule has 0 aliphatic heterocycles. The van der Waals surface area contributed by atoms with Crippen molar-refractivity contribution >= 4 is 5.57 Å². The fourth-order valence-corrected chi connectivity index (χ4v) is 3.90. The van der Waals surface area contributed by atoms with Crippen molar-refractivity contribution in [1.82, 2.24) is 0 Å². The highest BCUT2D eigenvalue weighted by Gasteiger charge is 2.33. The second kappa shape index (κ2) is 8.87. The number of benzene rings is 2. The summed E-state index contributed by atoms with van der Waals surface area (Å²) in [5, 5.41) is 0. The zero-order valence-electron chi connectivity index (χ0n) is 15.6. The first-order chi connectivity index (χ1) is 11.6. The van der Waals surface area contributed by atoms with Gasteiger partial charge in [0.1, 0.15) is 0 Å². The number of unbranched alkanes of at least 4 members (excludes halogenated alkanes) is 1. The number of rotatable bonds is 9. The van der Waals surface area contributed by atoms with E-state index in [-0.39, 0.29) is 5.41 Å². The summed E-state index contributed by atoms with van der Waals surface area (Å²) >= 11 is 0. The molecule has 1 unspecified atom stereocenters. The van der Waals surface area contributed by atoms with E-state index in [0.717, 1.165) is 6.42 Å². The van der Waals surface area contributed by atoms with Crippen molar-refractivity contribution in [3.05, 3.63) is 78.4 Å². The van der Waals surface area contributed by atoms with E-state index < -0.39 is 0 Å². The quantitative estimate of drug-likeness (QED) is 0.456. The third-order valence-corrected chi connectivity index (χ3v) is 4.93. The molecule has 1 atom stereocenters. The summed E-state index contributed by atoms with van der Waals surface area (Å²) < 4.78 is 0. The zero-order valence-corrected chi connectivity index (χ0v) is 15.6. The fraction of sp³-hybridized carbons (Fsp3) is 0.417. The van der Waals surface area contributed by atoms with E-state index >= 15 is 0 Å². The Morgan fingerprint density at radius 2 is 1.54 bits per heavy atom. The minimum absolute atomic E-state index is 0.193. The lowest BCUT2D eigenvalue weighted by Gasteiger charge is -2.37. The predicted molar refractivity (Wildman–Crippen MR) is 107 cm³/mol. The van der Waals surface area contributed by atoms with E-state index in [9.17, 15) is 0 Å². The van der Waals surface area contributed by atoms with Gasteiger partial charge in [0.2, 0.25) is 0 Å². The first kappa shape index (κ1) is 18.5. The highest BCUT2D eigenvalue weighted by Crippen LogP contribution is 2.43. The van der Waals surface area contributed by atoms with Crippen molar-refractivity contribution in [1.29, 1.82) is 0 Å². The van der Waals surface area contributed by atoms with Crippen molar-refractivity contribution in [3.63, 3.8) is 0 Å². The average molecular weight is 321 g/mol. The molecule has 0 aliphatic rings. The molecule has 2 aromatic carbocycles. The van der Waals surface area contributed by atoms with Crippen LogP contribution in [0.2, 0.25) is 0 Å². The van der Waals surface area contributed by atoms with Crippen LogP contribution in [-0.4, -0.2) is 0 Å². The summed E-state index contributed by atoms with van der Waals surface area (Å²) in [6, 6.07) is 21.8. The molecule has 0 saturated carbocycles. The van der Waals surface area contributed by atoms with Crippen molar-refractivity contribution in [2.24, 2.45) is 5.92 Å². The van der Waals surface area contributed by atoms with Crippen molar-refractivity contribution in [2.75, 3.05) is 0 Å². The minimum Gasteiger partial charge on any atom is -0.0952 e. The van der Waals surface area contributed by atoms with Crippen LogP contribution in [0.4, 0.5) is 0 Å². The summed E-state index contributed by atoms with van der Waals surface area (Å²) in [5.74, 6) is 0.672. The largest absolute Gasteiger partial charge is 0.0952 e. The van der Waals surface area contributed by atoms with Gasteiger partial charge in [-0.05, 0) is 47.3 Å². The lowest BCUT2D eigenvalue weighted by molar-refractivity contribution is 0.314. The molecule has 0 heterocycles. The van der Waals surface area contributed by atoms with Crippen molar-refractivity contribution in [2.45, 2.75) is 58.3 Å². The highest BCUT2D eigenvalue weighted by atomic mass is 14.4. The van der Waals surface area contributed by atoms with Gasteiger partial charge in [0.05, 0.1) is 0 Å². The molecular formula is C24H32. The van der Waals surface area contributed by atoms with E-state index in [1.54, 1.807) is 0 Å². The maximum Gasteiger partial charge on any atom is -0.000422 e. The van der Waals surface area contributed by atoms with E-state index in [0.29, 0.717) is 5.92 Å². The zero-order chi connectivity index (χ0) is 17.4. The average Bonchev–Trinajstić information content (AvgIpc) is 2.60. The van der Waals surface area contributed by atoms with Crippen LogP contribution in [0.15, 0.2) is 67.2 Å². The number of hydrogen-bond acceptors (Lipinski definition) is 0. The van der Waals surface area contributed by atoms with Crippen LogP contribution < -0.4 is 0 Å². The SMILES string of the molecule is C=C(CC(CCCC)(CC(C)C)c1ccccc1)c1ccccc1. The van der Waals surface area contributed by atoms with E-state index in [1.165, 1.54) is 42.4 Å². The molecule has 0 fully saturated rings. The Labute approximate surface area is 148 Å². The summed E-state index contributed by atoms with van der Waals surface area (Å²) in [7, 11) is 0. The van der Waals surface area contributed by atoms with E-state index in [1.807, 2.05) is 0 Å². The third kappa shape index (κ3) is 4.84. The summed E-state index contributed by atoms with van der Waals surface area (Å²) in [4.78, 5) is 0. The van der Waals surface area contributed by atoms with Crippen LogP contribution in [0, 0.1) is 5.92 Å². The molecule has 2 aromatic rings. The Morgan fingerprint density at radius 3 is 2.08 bits per heavy atom. The molecule has 0 spiro atoms. The lowest BCUT2D eigenvalue weighted by Crippen LogP contribution is -2.28. The topological polar surface area (TPSA) is 0 Å². The summed E-state index contributed by atoms with van der Waals surface area (Å²) in [6.07, 6.45) is 5.99. The Bertz CT molecular complexity index is 609. The third-order valence-electron chi connectivity index (χ3n) is 4.93. The van der Waals surface area contributed by atoms with Crippen LogP contribution in [0.3, 0.4) is 0 Å². The van der Waals surface area contributed by atoms with Crippen molar-refractivity contribution in [3.8, 4) is 0 Å². The van der Waals surface area contributed by atoms with Gasteiger partial charge in [-0.3, -0.25) is 0 Å². The summed E-state index contributed by atoms with van der Waals surface area (Å²) in [6.45, 7) is 11.4. The van der Waals surface area contributed by atoms with Gasteiger partial charge in [-0.25, -0.2) is 0 Å². The van der Waals surface area contributed by atoms with Gasteiger partial charge in [0, 0.05) is 0 Å². The Morgan fingerprint density at radius 1 is 0.958 bits per heavy atom. The van der Waals surface area contributed by atoms with Crippen LogP contribution in [0.25, 0.3) is 5.57 Å². The molecule has 0 aromatic heterocycles. The highest BCUT2D eigenvalue weighted by molar-refractivity contribution is 5.64. The Balaban J connectivity index is 2.37. The van der Waals surface area contributed by atoms with Gasteiger partial charge in [0.25, 0.3) is 0 Å². The number of hydrogen-bond donors (Lipinski definition) is 0. The summed E-state index contributed by atoms with van der Waals surface area (Å²) in [5.41, 5.74) is 4.21. The van der Waals surface area contributed by atoms with Gasteiger partial charge in [-0.15, -0.1) is 0 Å². The minimum atomic E-state index is 0.193. The number of allylic oxidation sites excluding steroid dienone is 1. The normalized spacial score (nSPS) is 13.7. The molecule has 0 N–H and O–H groups in total. The van der Waals surface area contributed by atoms with Gasteiger partial charge >= 0.3 is 0 Å². The van der Waals surface area contributed by atoms with Crippen molar-refractivity contribution < 1.29 is 0 Å². The molecule has 0 radical (unpaired) electrons. The molecule has 0 amide bonds. The molecular weight excluding hydrogens is 288 g/mol. The molecule has 0 bridgehead atoms. The molecule has 2 rings (SSSR count). The predicted octanol–water partition coefficient (Wildman–Crippen LogP) is 7.26. The smallest absolute Gasteiger partial charge is 0.000422 e. The monoisotopic (exact) mass is 320 g/mol. The van der Waals surface area contributed by atoms with Gasteiger partial charge in [0.15, 0.2) is 0 Å². The molecule has 0 saturated heterocycles. The van der Waals surface area contributed by atoms with Gasteiger partial charge in [-0.1, -0.05) is 101 Å². The first-order valence-electron chi connectivity index (χ1n) is 9.36. The lowest BCUT2D eigenvalue weighted by atomic mass is 9.67. The van der Waals surface area contributed by atoms with E-state index in [2.05, 4.69) is 88.0 Å². The second-order valence-electron chi connectivity index (χ2n) is 7.49. The van der Waals surface area contributed by atoms with E-state index in [4.69, 9.17) is 0 Å². The van der Waals surface area contributed by atoms with Gasteiger partial charge < -0.3 is 0 Å². The Kier molecular flexibility index (Phi) is 6.85. The molecule has 24 heavy (non-hydrogen) atoms. The molecule has 0 heteroatoms.